The number of ether oxygens (including phenoxy) is 2. The Kier molecular flexibility index (Phi) is 4.33. The van der Waals surface area contributed by atoms with Crippen molar-refractivity contribution in [3.63, 3.8) is 0 Å². The maximum Gasteiger partial charge on any atom is 0.422 e. The maximum absolute atomic E-state index is 12.9. The van der Waals surface area contributed by atoms with E-state index >= 15 is 0 Å². The first-order valence-electron chi connectivity index (χ1n) is 10.5. The second kappa shape index (κ2) is 5.99. The van der Waals surface area contributed by atoms with Gasteiger partial charge in [0.25, 0.3) is 0 Å². The SMILES string of the molecule is C=C(C(=O)OC12CC3CC3(CC(C)(OC(C)(C)C3CCCC3)C1)C2)C(F)(F)F. The van der Waals surface area contributed by atoms with Crippen molar-refractivity contribution in [2.45, 2.75) is 102 Å². The van der Waals surface area contributed by atoms with Crippen molar-refractivity contribution in [1.29, 1.82) is 0 Å². The van der Waals surface area contributed by atoms with Crippen LogP contribution in [0, 0.1) is 17.3 Å². The fraction of sp³-hybridized carbons (Fsp3) is 0.864. The Balaban J connectivity index is 1.52. The lowest BCUT2D eigenvalue weighted by molar-refractivity contribution is -0.213. The van der Waals surface area contributed by atoms with Crippen molar-refractivity contribution in [3.05, 3.63) is 12.2 Å². The fourth-order valence-electron chi connectivity index (χ4n) is 6.90. The van der Waals surface area contributed by atoms with Gasteiger partial charge in [-0.3, -0.25) is 0 Å². The molecule has 6 heteroatoms. The molecule has 4 rings (SSSR count). The van der Waals surface area contributed by atoms with Gasteiger partial charge in [-0.15, -0.1) is 0 Å². The van der Waals surface area contributed by atoms with Crippen molar-refractivity contribution in [2.24, 2.45) is 17.3 Å². The lowest BCUT2D eigenvalue weighted by Gasteiger charge is -2.50. The zero-order valence-electron chi connectivity index (χ0n) is 17.1. The van der Waals surface area contributed by atoms with Gasteiger partial charge in [-0.05, 0) is 76.5 Å². The number of hydrogen-bond acceptors (Lipinski definition) is 3. The van der Waals surface area contributed by atoms with Crippen molar-refractivity contribution in [3.8, 4) is 0 Å². The number of carbonyl (C=O) groups excluding carboxylic acids is 1. The van der Waals surface area contributed by atoms with E-state index in [1.165, 1.54) is 12.8 Å². The van der Waals surface area contributed by atoms with E-state index < -0.39 is 28.9 Å². The Labute approximate surface area is 165 Å². The summed E-state index contributed by atoms with van der Waals surface area (Å²) in [7, 11) is 0. The van der Waals surface area contributed by atoms with Gasteiger partial charge in [0, 0.05) is 6.42 Å². The third-order valence-corrected chi connectivity index (χ3v) is 7.82. The molecule has 4 saturated carbocycles. The van der Waals surface area contributed by atoms with Gasteiger partial charge in [0.1, 0.15) is 11.2 Å². The van der Waals surface area contributed by atoms with Crippen LogP contribution in [0.3, 0.4) is 0 Å². The molecule has 4 atom stereocenters. The van der Waals surface area contributed by atoms with Gasteiger partial charge in [0.15, 0.2) is 0 Å². The van der Waals surface area contributed by atoms with E-state index in [2.05, 4.69) is 27.4 Å². The first kappa shape index (κ1) is 20.2. The Hall–Kier alpha value is -1.04. The number of alkyl halides is 3. The third kappa shape index (κ3) is 3.40. The number of fused-ring (bicyclic) bond motifs is 1. The summed E-state index contributed by atoms with van der Waals surface area (Å²) in [6.07, 6.45) is 3.73. The molecule has 0 radical (unpaired) electrons. The summed E-state index contributed by atoms with van der Waals surface area (Å²) in [6, 6.07) is 0. The molecule has 0 amide bonds. The van der Waals surface area contributed by atoms with Crippen LogP contribution in [0.2, 0.25) is 0 Å². The molecule has 3 nitrogen and oxygen atoms in total. The molecule has 4 unspecified atom stereocenters. The fourth-order valence-corrected chi connectivity index (χ4v) is 6.90. The first-order chi connectivity index (χ1) is 12.8. The second-order valence-electron chi connectivity index (χ2n) is 10.7. The molecule has 0 N–H and O–H groups in total. The lowest BCUT2D eigenvalue weighted by atomic mass is 9.71. The van der Waals surface area contributed by atoms with Gasteiger partial charge in [0.05, 0.1) is 11.2 Å². The van der Waals surface area contributed by atoms with Crippen molar-refractivity contribution < 1.29 is 27.4 Å². The molecule has 2 bridgehead atoms. The minimum Gasteiger partial charge on any atom is -0.455 e. The van der Waals surface area contributed by atoms with Gasteiger partial charge >= 0.3 is 12.1 Å². The molecular weight excluding hydrogens is 369 g/mol. The quantitative estimate of drug-likeness (QED) is 0.437. The molecule has 0 aliphatic heterocycles. The highest BCUT2D eigenvalue weighted by Gasteiger charge is 2.72. The number of carbonyl (C=O) groups is 1. The van der Waals surface area contributed by atoms with Crippen LogP contribution in [0.15, 0.2) is 12.2 Å². The van der Waals surface area contributed by atoms with Crippen molar-refractivity contribution in [2.75, 3.05) is 0 Å². The molecule has 0 heterocycles. The van der Waals surface area contributed by atoms with E-state index in [9.17, 15) is 18.0 Å². The van der Waals surface area contributed by atoms with Crippen LogP contribution in [0.25, 0.3) is 0 Å². The number of halogens is 3. The predicted octanol–water partition coefficient (Wildman–Crippen LogP) is 5.72. The van der Waals surface area contributed by atoms with Crippen molar-refractivity contribution in [1.82, 2.24) is 0 Å². The van der Waals surface area contributed by atoms with Gasteiger partial charge < -0.3 is 9.47 Å². The minimum absolute atomic E-state index is 0.0681. The summed E-state index contributed by atoms with van der Waals surface area (Å²) in [4.78, 5) is 12.2. The van der Waals surface area contributed by atoms with Crippen LogP contribution in [0.5, 0.6) is 0 Å². The summed E-state index contributed by atoms with van der Waals surface area (Å²) < 4.78 is 51.0. The zero-order valence-corrected chi connectivity index (χ0v) is 17.1. The molecule has 0 aromatic rings. The van der Waals surface area contributed by atoms with Crippen LogP contribution < -0.4 is 0 Å². The van der Waals surface area contributed by atoms with Gasteiger partial charge in [-0.1, -0.05) is 19.4 Å². The van der Waals surface area contributed by atoms with Gasteiger partial charge in [-0.2, -0.15) is 13.2 Å². The van der Waals surface area contributed by atoms with E-state index in [0.29, 0.717) is 31.1 Å². The molecule has 4 aliphatic carbocycles. The molecule has 0 aromatic heterocycles. The average molecular weight is 400 g/mol. The maximum atomic E-state index is 12.9. The second-order valence-corrected chi connectivity index (χ2v) is 10.7. The van der Waals surface area contributed by atoms with Gasteiger partial charge in [0.2, 0.25) is 0 Å². The molecule has 0 saturated heterocycles. The largest absolute Gasteiger partial charge is 0.455 e. The highest BCUT2D eigenvalue weighted by molar-refractivity contribution is 5.89. The third-order valence-electron chi connectivity index (χ3n) is 7.82. The Morgan fingerprint density at radius 1 is 1.07 bits per heavy atom. The van der Waals surface area contributed by atoms with E-state index in [0.717, 1.165) is 25.7 Å². The van der Waals surface area contributed by atoms with Crippen LogP contribution in [-0.4, -0.2) is 28.9 Å². The molecule has 4 fully saturated rings. The summed E-state index contributed by atoms with van der Waals surface area (Å²) in [5.41, 5.74) is -2.99. The number of hydrogen-bond donors (Lipinski definition) is 0. The molecule has 1 spiro atoms. The molecule has 158 valence electrons. The minimum atomic E-state index is -4.76. The van der Waals surface area contributed by atoms with Crippen LogP contribution in [0.1, 0.15) is 78.6 Å². The van der Waals surface area contributed by atoms with E-state index in [1.807, 2.05) is 0 Å². The van der Waals surface area contributed by atoms with Gasteiger partial charge in [-0.25, -0.2) is 4.79 Å². The number of esters is 1. The summed E-state index contributed by atoms with van der Waals surface area (Å²) in [5, 5.41) is 0. The van der Waals surface area contributed by atoms with Crippen LogP contribution in [-0.2, 0) is 14.3 Å². The molecular formula is C22H31F3O3. The Morgan fingerprint density at radius 3 is 2.32 bits per heavy atom. The monoisotopic (exact) mass is 400 g/mol. The molecule has 28 heavy (non-hydrogen) atoms. The standard InChI is InChI=1S/C22H31F3O3/c1-14(22(23,24)25)17(26)27-21-10-16-9-20(16,13-21)11-19(4,12-21)28-18(2,3)15-7-5-6-8-15/h15-16H,1,5-13H2,2-4H3. The lowest BCUT2D eigenvalue weighted by Crippen LogP contribution is -2.53. The average Bonchev–Trinajstić information content (AvgIpc) is 2.90. The summed E-state index contributed by atoms with van der Waals surface area (Å²) in [5.74, 6) is -0.400. The molecule has 4 aliphatic rings. The van der Waals surface area contributed by atoms with Crippen LogP contribution >= 0.6 is 0 Å². The Bertz CT molecular complexity index is 694. The normalized spacial score (nSPS) is 40.3. The zero-order chi connectivity index (χ0) is 20.6. The van der Waals surface area contributed by atoms with E-state index in [-0.39, 0.29) is 11.0 Å². The smallest absolute Gasteiger partial charge is 0.422 e. The highest BCUT2D eigenvalue weighted by atomic mass is 19.4. The Morgan fingerprint density at radius 2 is 1.71 bits per heavy atom. The molecule has 0 aromatic carbocycles. The predicted molar refractivity (Wildman–Crippen MR) is 98.6 cm³/mol. The summed E-state index contributed by atoms with van der Waals surface area (Å²) in [6.45, 7) is 9.25. The topological polar surface area (TPSA) is 35.5 Å². The van der Waals surface area contributed by atoms with Crippen LogP contribution in [0.4, 0.5) is 13.2 Å². The highest BCUT2D eigenvalue weighted by Crippen LogP contribution is 2.75. The number of rotatable bonds is 5. The first-order valence-corrected chi connectivity index (χ1v) is 10.5. The van der Waals surface area contributed by atoms with E-state index in [4.69, 9.17) is 9.47 Å². The summed E-state index contributed by atoms with van der Waals surface area (Å²) >= 11 is 0. The van der Waals surface area contributed by atoms with Crippen molar-refractivity contribution >= 4 is 5.97 Å². The van der Waals surface area contributed by atoms with E-state index in [1.54, 1.807) is 0 Å².